The van der Waals surface area contributed by atoms with E-state index in [1.54, 1.807) is 17.0 Å². The molecular weight excluding hydrogens is 345 g/mol. The molecule has 0 saturated carbocycles. The largest absolute Gasteiger partial charge is 0.481 e. The number of carboxylic acids is 2. The van der Waals surface area contributed by atoms with Gasteiger partial charge < -0.3 is 10.2 Å². The van der Waals surface area contributed by atoms with Crippen LogP contribution in [0.1, 0.15) is 12.0 Å². The first kappa shape index (κ1) is 15.9. The molecule has 1 aliphatic rings. The summed E-state index contributed by atoms with van der Waals surface area (Å²) < 4.78 is 14.4. The van der Waals surface area contributed by atoms with Crippen LogP contribution < -0.4 is 0 Å². The van der Waals surface area contributed by atoms with Gasteiger partial charge in [-0.3, -0.25) is 14.5 Å². The van der Waals surface area contributed by atoms with Crippen molar-refractivity contribution in [3.05, 3.63) is 34.1 Å². The number of hydrogen-bond donors (Lipinski definition) is 2. The summed E-state index contributed by atoms with van der Waals surface area (Å²) in [5.41, 5.74) is 0.469. The maximum absolute atomic E-state index is 13.8. The van der Waals surface area contributed by atoms with Crippen LogP contribution in [0.2, 0.25) is 0 Å². The Morgan fingerprint density at radius 2 is 1.95 bits per heavy atom. The first-order valence-electron chi connectivity index (χ1n) is 6.50. The van der Waals surface area contributed by atoms with Gasteiger partial charge in [0.25, 0.3) is 0 Å². The first-order chi connectivity index (χ1) is 9.88. The van der Waals surface area contributed by atoms with Gasteiger partial charge in [0, 0.05) is 23.1 Å². The third-order valence-corrected chi connectivity index (χ3v) is 4.23. The topological polar surface area (TPSA) is 77.8 Å². The second kappa shape index (κ2) is 6.53. The molecule has 2 atom stereocenters. The van der Waals surface area contributed by atoms with E-state index < -0.39 is 23.8 Å². The maximum atomic E-state index is 13.8. The number of halogens is 2. The summed E-state index contributed by atoms with van der Waals surface area (Å²) in [6.07, 6.45) is 0.254. The normalized spacial score (nSPS) is 23.0. The van der Waals surface area contributed by atoms with Gasteiger partial charge in [0.1, 0.15) is 5.82 Å². The van der Waals surface area contributed by atoms with Crippen molar-refractivity contribution >= 4 is 27.9 Å². The number of carboxylic acid groups (broad SMARTS) is 2. The van der Waals surface area contributed by atoms with E-state index >= 15 is 0 Å². The van der Waals surface area contributed by atoms with E-state index in [1.165, 1.54) is 6.07 Å². The summed E-state index contributed by atoms with van der Waals surface area (Å²) in [5.74, 6) is -4.42. The average Bonchev–Trinajstić information content (AvgIpc) is 2.41. The maximum Gasteiger partial charge on any atom is 0.308 e. The van der Waals surface area contributed by atoms with Gasteiger partial charge in [0.15, 0.2) is 0 Å². The third kappa shape index (κ3) is 3.79. The molecule has 1 aromatic rings. The van der Waals surface area contributed by atoms with Crippen LogP contribution in [-0.4, -0.2) is 40.1 Å². The van der Waals surface area contributed by atoms with E-state index in [9.17, 15) is 14.0 Å². The molecule has 1 heterocycles. The SMILES string of the molecule is O=C(O)C1CCN(Cc2ccc(Br)cc2F)CC1C(=O)O. The molecule has 5 nitrogen and oxygen atoms in total. The quantitative estimate of drug-likeness (QED) is 0.861. The van der Waals surface area contributed by atoms with Gasteiger partial charge >= 0.3 is 11.9 Å². The standard InChI is InChI=1S/C14H15BrFNO4/c15-9-2-1-8(12(16)5-9)6-17-4-3-10(13(18)19)11(7-17)14(20)21/h1-2,5,10-11H,3-4,6-7H2,(H,18,19)(H,20,21). The minimum absolute atomic E-state index is 0.113. The van der Waals surface area contributed by atoms with E-state index in [1.807, 2.05) is 0 Å². The number of nitrogens with zero attached hydrogens (tertiary/aromatic N) is 1. The molecule has 1 aliphatic heterocycles. The predicted octanol–water partition coefficient (Wildman–Crippen LogP) is 2.20. The van der Waals surface area contributed by atoms with Crippen molar-refractivity contribution in [1.29, 1.82) is 0 Å². The summed E-state index contributed by atoms with van der Waals surface area (Å²) in [5, 5.41) is 18.2. The Balaban J connectivity index is 2.09. The molecule has 0 spiro atoms. The van der Waals surface area contributed by atoms with Crippen molar-refractivity contribution in [2.75, 3.05) is 13.1 Å². The highest BCUT2D eigenvalue weighted by molar-refractivity contribution is 9.10. The lowest BCUT2D eigenvalue weighted by molar-refractivity contribution is -0.157. The van der Waals surface area contributed by atoms with Gasteiger partial charge in [-0.15, -0.1) is 0 Å². The molecule has 0 aliphatic carbocycles. The van der Waals surface area contributed by atoms with Gasteiger partial charge in [0.2, 0.25) is 0 Å². The molecule has 0 aromatic heterocycles. The van der Waals surface area contributed by atoms with Crippen LogP contribution in [0.3, 0.4) is 0 Å². The number of benzene rings is 1. The monoisotopic (exact) mass is 359 g/mol. The summed E-state index contributed by atoms with van der Waals surface area (Å²) in [4.78, 5) is 24.1. The van der Waals surface area contributed by atoms with Crippen molar-refractivity contribution in [3.63, 3.8) is 0 Å². The van der Waals surface area contributed by atoms with Gasteiger partial charge in [0.05, 0.1) is 11.8 Å². The second-order valence-corrected chi connectivity index (χ2v) is 6.06. The predicted molar refractivity (Wildman–Crippen MR) is 76.2 cm³/mol. The summed E-state index contributed by atoms with van der Waals surface area (Å²) in [6.45, 7) is 0.827. The van der Waals surface area contributed by atoms with Gasteiger partial charge in [-0.2, -0.15) is 0 Å². The lowest BCUT2D eigenvalue weighted by Crippen LogP contribution is -2.46. The molecule has 0 bridgehead atoms. The molecule has 1 aromatic carbocycles. The van der Waals surface area contributed by atoms with Gasteiger partial charge in [-0.25, -0.2) is 4.39 Å². The molecule has 0 radical (unpaired) electrons. The van der Waals surface area contributed by atoms with E-state index in [4.69, 9.17) is 10.2 Å². The van der Waals surface area contributed by atoms with Crippen LogP contribution in [0.4, 0.5) is 4.39 Å². The van der Waals surface area contributed by atoms with Gasteiger partial charge in [-0.05, 0) is 25.1 Å². The van der Waals surface area contributed by atoms with Crippen molar-refractivity contribution in [2.45, 2.75) is 13.0 Å². The zero-order valence-corrected chi connectivity index (χ0v) is 12.7. The molecule has 7 heteroatoms. The van der Waals surface area contributed by atoms with Crippen LogP contribution in [0.25, 0.3) is 0 Å². The van der Waals surface area contributed by atoms with E-state index in [-0.39, 0.29) is 25.3 Å². The van der Waals surface area contributed by atoms with Crippen molar-refractivity contribution in [1.82, 2.24) is 4.90 Å². The zero-order valence-electron chi connectivity index (χ0n) is 11.1. The van der Waals surface area contributed by atoms with Crippen LogP contribution in [0.15, 0.2) is 22.7 Å². The van der Waals surface area contributed by atoms with Crippen LogP contribution in [0.5, 0.6) is 0 Å². The number of rotatable bonds is 4. The molecule has 114 valence electrons. The summed E-state index contributed by atoms with van der Waals surface area (Å²) in [6, 6.07) is 4.71. The molecule has 2 rings (SSSR count). The molecular formula is C14H15BrFNO4. The number of hydrogen-bond acceptors (Lipinski definition) is 3. The Bertz CT molecular complexity index is 566. The van der Waals surface area contributed by atoms with Crippen LogP contribution >= 0.6 is 15.9 Å². The van der Waals surface area contributed by atoms with Gasteiger partial charge in [-0.1, -0.05) is 22.0 Å². The molecule has 1 saturated heterocycles. The van der Waals surface area contributed by atoms with E-state index in [2.05, 4.69) is 15.9 Å². The fourth-order valence-corrected chi connectivity index (χ4v) is 2.93. The summed E-state index contributed by atoms with van der Waals surface area (Å²) >= 11 is 3.18. The minimum atomic E-state index is -1.12. The average molecular weight is 360 g/mol. The molecule has 2 unspecified atom stereocenters. The number of piperidine rings is 1. The highest BCUT2D eigenvalue weighted by Crippen LogP contribution is 2.26. The number of likely N-dealkylation sites (tertiary alicyclic amines) is 1. The van der Waals surface area contributed by atoms with Crippen LogP contribution in [0, 0.1) is 17.7 Å². The second-order valence-electron chi connectivity index (χ2n) is 5.15. The van der Waals surface area contributed by atoms with Crippen molar-refractivity contribution in [2.24, 2.45) is 11.8 Å². The highest BCUT2D eigenvalue weighted by atomic mass is 79.9. The van der Waals surface area contributed by atoms with Crippen molar-refractivity contribution in [3.8, 4) is 0 Å². The third-order valence-electron chi connectivity index (χ3n) is 3.74. The molecule has 1 fully saturated rings. The fraction of sp³-hybridized carbons (Fsp3) is 0.429. The lowest BCUT2D eigenvalue weighted by atomic mass is 9.85. The van der Waals surface area contributed by atoms with Crippen LogP contribution in [-0.2, 0) is 16.1 Å². The highest BCUT2D eigenvalue weighted by Gasteiger charge is 2.38. The fourth-order valence-electron chi connectivity index (χ4n) is 2.60. The summed E-state index contributed by atoms with van der Waals surface area (Å²) in [7, 11) is 0. The number of aliphatic carboxylic acids is 2. The number of carbonyl (C=O) groups is 2. The Morgan fingerprint density at radius 1 is 1.29 bits per heavy atom. The lowest BCUT2D eigenvalue weighted by Gasteiger charge is -2.34. The molecule has 21 heavy (non-hydrogen) atoms. The van der Waals surface area contributed by atoms with Crippen molar-refractivity contribution < 1.29 is 24.2 Å². The Hall–Kier alpha value is -1.47. The van der Waals surface area contributed by atoms with E-state index in [0.29, 0.717) is 16.6 Å². The minimum Gasteiger partial charge on any atom is -0.481 e. The molecule has 2 N–H and O–H groups in total. The first-order valence-corrected chi connectivity index (χ1v) is 7.29. The molecule has 0 amide bonds. The smallest absolute Gasteiger partial charge is 0.308 e. The van der Waals surface area contributed by atoms with E-state index in [0.717, 1.165) is 0 Å². The Morgan fingerprint density at radius 3 is 2.52 bits per heavy atom. The Kier molecular flexibility index (Phi) is 4.95. The zero-order chi connectivity index (χ0) is 15.6. The Labute approximate surface area is 129 Å².